The van der Waals surface area contributed by atoms with Crippen molar-refractivity contribution in [2.45, 2.75) is 46.8 Å². The van der Waals surface area contributed by atoms with Gasteiger partial charge in [0.25, 0.3) is 5.91 Å². The molecule has 0 saturated heterocycles. The Morgan fingerprint density at radius 3 is 2.03 bits per heavy atom. The predicted octanol–water partition coefficient (Wildman–Crippen LogP) is 8.20. The van der Waals surface area contributed by atoms with Crippen molar-refractivity contribution < 1.29 is 28.4 Å². The van der Waals surface area contributed by atoms with Crippen molar-refractivity contribution >= 4 is 31.5 Å². The molecular formula is C26H28F5N3O2S2. The summed E-state index contributed by atoms with van der Waals surface area (Å²) in [5, 5.41) is 5.25. The number of anilines is 1. The van der Waals surface area contributed by atoms with Crippen LogP contribution in [0.15, 0.2) is 82.6 Å². The van der Waals surface area contributed by atoms with Crippen LogP contribution in [0, 0.1) is 4.78 Å². The normalized spacial score (nSPS) is 21.4. The summed E-state index contributed by atoms with van der Waals surface area (Å²) in [7, 11) is -11.3. The molecule has 4 rings (SSSR count). The maximum atomic E-state index is 13.4. The van der Waals surface area contributed by atoms with Gasteiger partial charge in [-0.15, -0.1) is 0 Å². The van der Waals surface area contributed by atoms with Crippen molar-refractivity contribution in [1.29, 1.82) is 4.78 Å². The predicted molar refractivity (Wildman–Crippen MR) is 142 cm³/mol. The topological polar surface area (TPSA) is 82.1 Å². The number of rotatable bonds is 7. The van der Waals surface area contributed by atoms with E-state index in [4.69, 9.17) is 4.78 Å². The second-order valence-corrected chi connectivity index (χ2v) is 14.1. The molecule has 0 heterocycles. The molecule has 1 aliphatic carbocycles. The summed E-state index contributed by atoms with van der Waals surface area (Å²) in [6.45, 7) is 0. The molecule has 1 atom stereocenters. The molecule has 38 heavy (non-hydrogen) atoms. The van der Waals surface area contributed by atoms with Gasteiger partial charge in [-0.1, -0.05) is 43.7 Å². The van der Waals surface area contributed by atoms with Gasteiger partial charge >= 0.3 is 10.2 Å². The van der Waals surface area contributed by atoms with Crippen molar-refractivity contribution in [2.24, 2.45) is 0 Å². The maximum Gasteiger partial charge on any atom is 0.310 e. The second-order valence-electron chi connectivity index (χ2n) is 9.40. The molecule has 5 nitrogen and oxygen atoms in total. The molecule has 12 heteroatoms. The standard InChI is InChI=1S/C26H28F5N3O2S2/c1-33-26(35)20-4-2-3-19(17-20)18-5-11-23(12-6-18)37(32,36)24-13-7-21(8-14-24)34-22-9-15-25(16-10-22)38(27,28,29,30)31/h2-6,9-12,15-17,21,24,32,34H,7-8,13-14H2,1H3,(H,33,35). The van der Waals surface area contributed by atoms with Crippen LogP contribution in [0.25, 0.3) is 11.1 Å². The molecule has 0 radical (unpaired) electrons. The van der Waals surface area contributed by atoms with E-state index >= 15 is 0 Å². The number of carbonyl (C=O) groups excluding carboxylic acids is 1. The molecule has 1 aliphatic rings. The zero-order valence-electron chi connectivity index (χ0n) is 20.4. The Morgan fingerprint density at radius 1 is 0.868 bits per heavy atom. The van der Waals surface area contributed by atoms with E-state index in [9.17, 15) is 28.4 Å². The van der Waals surface area contributed by atoms with Crippen molar-refractivity contribution in [3.63, 3.8) is 0 Å². The van der Waals surface area contributed by atoms with E-state index < -0.39 is 30.1 Å². The van der Waals surface area contributed by atoms with Crippen molar-refractivity contribution in [3.8, 4) is 11.1 Å². The lowest BCUT2D eigenvalue weighted by Gasteiger charge is -2.40. The number of carbonyl (C=O) groups is 1. The molecular weight excluding hydrogens is 545 g/mol. The largest absolute Gasteiger partial charge is 0.382 e. The first-order chi connectivity index (χ1) is 17.6. The molecule has 3 aromatic carbocycles. The zero-order chi connectivity index (χ0) is 27.8. The third-order valence-corrected chi connectivity index (χ3v) is 10.2. The molecule has 0 aromatic heterocycles. The fourth-order valence-corrected chi connectivity index (χ4v) is 7.12. The summed E-state index contributed by atoms with van der Waals surface area (Å²) in [5.74, 6) is -0.205. The molecule has 1 fully saturated rings. The van der Waals surface area contributed by atoms with Gasteiger partial charge in [0.05, 0.1) is 9.73 Å². The third-order valence-electron chi connectivity index (χ3n) is 6.70. The van der Waals surface area contributed by atoms with Gasteiger partial charge in [0.15, 0.2) is 0 Å². The molecule has 3 aromatic rings. The lowest BCUT2D eigenvalue weighted by atomic mass is 9.95. The summed E-state index contributed by atoms with van der Waals surface area (Å²) in [6, 6.07) is 16.6. The average molecular weight is 574 g/mol. The van der Waals surface area contributed by atoms with Crippen LogP contribution >= 0.6 is 10.2 Å². The van der Waals surface area contributed by atoms with Gasteiger partial charge in [-0.05, 0) is 85.3 Å². The number of amides is 1. The van der Waals surface area contributed by atoms with Gasteiger partial charge in [-0.2, -0.15) is 0 Å². The Morgan fingerprint density at radius 2 is 1.47 bits per heavy atom. The zero-order valence-corrected chi connectivity index (χ0v) is 22.1. The molecule has 3 N–H and O–H groups in total. The smallest absolute Gasteiger partial charge is 0.310 e. The van der Waals surface area contributed by atoms with E-state index in [1.54, 1.807) is 49.5 Å². The molecule has 1 saturated carbocycles. The second kappa shape index (κ2) is 9.26. The number of hydrogen-bond acceptors (Lipinski definition) is 4. The number of halogens is 5. The molecule has 1 amide bonds. The van der Waals surface area contributed by atoms with Crippen LogP contribution in [0.2, 0.25) is 0 Å². The summed E-state index contributed by atoms with van der Waals surface area (Å²) < 4.78 is 86.7. The van der Waals surface area contributed by atoms with E-state index in [0.717, 1.165) is 23.3 Å². The highest BCUT2D eigenvalue weighted by Crippen LogP contribution is 3.02. The Labute approximate surface area is 218 Å². The fraction of sp³-hybridized carbons (Fsp3) is 0.269. The van der Waals surface area contributed by atoms with Crippen LogP contribution < -0.4 is 10.6 Å². The lowest BCUT2D eigenvalue weighted by Crippen LogP contribution is -2.32. The minimum Gasteiger partial charge on any atom is -0.382 e. The van der Waals surface area contributed by atoms with E-state index in [2.05, 4.69) is 10.6 Å². The summed E-state index contributed by atoms with van der Waals surface area (Å²) >= 11 is 0. The van der Waals surface area contributed by atoms with Gasteiger partial charge in [0, 0.05) is 34.5 Å². The third kappa shape index (κ3) is 6.29. The molecule has 0 aliphatic heterocycles. The minimum absolute atomic E-state index is 0.137. The number of hydrogen-bond donors (Lipinski definition) is 3. The van der Waals surface area contributed by atoms with Crippen LogP contribution in [0.5, 0.6) is 0 Å². The van der Waals surface area contributed by atoms with Gasteiger partial charge in [0.1, 0.15) is 4.90 Å². The Hall–Kier alpha value is -3.12. The minimum atomic E-state index is -9.71. The Kier molecular flexibility index (Phi) is 6.80. The molecule has 0 bridgehead atoms. The van der Waals surface area contributed by atoms with Gasteiger partial charge in [-0.3, -0.25) is 4.79 Å². The number of nitrogens with one attached hydrogen (secondary N) is 3. The first-order valence-electron chi connectivity index (χ1n) is 11.9. The van der Waals surface area contributed by atoms with Gasteiger partial charge < -0.3 is 10.6 Å². The van der Waals surface area contributed by atoms with Crippen LogP contribution in [0.3, 0.4) is 0 Å². The highest BCUT2D eigenvalue weighted by atomic mass is 32.5. The summed E-state index contributed by atoms with van der Waals surface area (Å²) in [5.41, 5.74) is 2.44. The average Bonchev–Trinajstić information content (AvgIpc) is 2.87. The first kappa shape index (κ1) is 27.9. The highest BCUT2D eigenvalue weighted by molar-refractivity contribution is 8.45. The molecule has 206 valence electrons. The van der Waals surface area contributed by atoms with E-state index in [0.29, 0.717) is 54.0 Å². The fourth-order valence-electron chi connectivity index (χ4n) is 4.61. The lowest BCUT2D eigenvalue weighted by molar-refractivity contribution is 0.0963. The quantitative estimate of drug-likeness (QED) is 0.249. The van der Waals surface area contributed by atoms with E-state index in [-0.39, 0.29) is 11.9 Å². The summed E-state index contributed by atoms with van der Waals surface area (Å²) in [6.07, 6.45) is 2.02. The van der Waals surface area contributed by atoms with Gasteiger partial charge in [-0.25, -0.2) is 8.99 Å². The van der Waals surface area contributed by atoms with Crippen LogP contribution in [-0.4, -0.2) is 28.5 Å². The van der Waals surface area contributed by atoms with Crippen LogP contribution in [-0.2, 0) is 9.73 Å². The van der Waals surface area contributed by atoms with Crippen LogP contribution in [0.4, 0.5) is 25.1 Å². The van der Waals surface area contributed by atoms with Crippen molar-refractivity contribution in [3.05, 3.63) is 78.4 Å². The molecule has 1 unspecified atom stereocenters. The molecule has 0 spiro atoms. The Balaban J connectivity index is 1.39. The SMILES string of the molecule is CNC(=O)c1cccc(-c2ccc(S(=N)(=O)C3CCC(Nc4ccc(S(F)(F)(F)(F)F)cc4)CC3)cc2)c1. The monoisotopic (exact) mass is 573 g/mol. The maximum absolute atomic E-state index is 13.4. The first-order valence-corrected chi connectivity index (χ1v) is 15.4. The highest BCUT2D eigenvalue weighted by Gasteiger charge is 2.65. The number of benzene rings is 3. The summed E-state index contributed by atoms with van der Waals surface area (Å²) in [4.78, 5) is 10.4. The van der Waals surface area contributed by atoms with Crippen molar-refractivity contribution in [2.75, 3.05) is 12.4 Å². The van der Waals surface area contributed by atoms with E-state index in [1.807, 2.05) is 6.07 Å². The van der Waals surface area contributed by atoms with E-state index in [1.165, 1.54) is 0 Å². The van der Waals surface area contributed by atoms with Crippen LogP contribution in [0.1, 0.15) is 36.0 Å². The van der Waals surface area contributed by atoms with Crippen molar-refractivity contribution in [1.82, 2.24) is 5.32 Å². The van der Waals surface area contributed by atoms with Gasteiger partial charge in [0.2, 0.25) is 0 Å². The Bertz CT molecular complexity index is 1440.